The van der Waals surface area contributed by atoms with Gasteiger partial charge in [-0.1, -0.05) is 24.3 Å². The Morgan fingerprint density at radius 1 is 0.973 bits per heavy atom. The Kier molecular flexibility index (Phi) is 8.68. The molecule has 8 nitrogen and oxygen atoms in total. The largest absolute Gasteiger partial charge is 0.507 e. The molecule has 2 aliphatic heterocycles. The number of halogens is 3. The number of aliphatic carboxylic acids is 1. The lowest BCUT2D eigenvalue weighted by Crippen LogP contribution is -2.48. The van der Waals surface area contributed by atoms with Gasteiger partial charge in [0.1, 0.15) is 5.75 Å². The van der Waals surface area contributed by atoms with E-state index in [4.69, 9.17) is 9.90 Å². The highest BCUT2D eigenvalue weighted by molar-refractivity contribution is 6.01. The summed E-state index contributed by atoms with van der Waals surface area (Å²) >= 11 is 0. The van der Waals surface area contributed by atoms with Crippen molar-refractivity contribution in [2.45, 2.75) is 43.8 Å². The molecule has 0 aromatic heterocycles. The van der Waals surface area contributed by atoms with Gasteiger partial charge < -0.3 is 20.0 Å². The Balaban J connectivity index is 0.000000479. The highest BCUT2D eigenvalue weighted by atomic mass is 19.4. The van der Waals surface area contributed by atoms with Gasteiger partial charge in [0.15, 0.2) is 0 Å². The molecule has 2 fully saturated rings. The first-order valence-corrected chi connectivity index (χ1v) is 12.1. The van der Waals surface area contributed by atoms with Crippen LogP contribution >= 0.6 is 0 Å². The summed E-state index contributed by atoms with van der Waals surface area (Å²) in [6.07, 6.45) is -0.126. The number of rotatable bonds is 3. The van der Waals surface area contributed by atoms with Crippen LogP contribution in [-0.4, -0.2) is 94.7 Å². The minimum atomic E-state index is -5.08. The number of hydrogen-bond donors (Lipinski definition) is 2. The SMILES string of the molecule is CN(C)C(=O)CN1CCCC12CCCN(C(=O)c1cc3ccccc3cc1O)CC2.O=C(O)C(F)(F)F. The van der Waals surface area contributed by atoms with E-state index < -0.39 is 12.1 Å². The van der Waals surface area contributed by atoms with Crippen molar-refractivity contribution in [2.75, 3.05) is 40.3 Å². The number of phenolic OH excluding ortho intramolecular Hbond substituents is 1. The minimum absolute atomic E-state index is 0.00608. The minimum Gasteiger partial charge on any atom is -0.507 e. The number of likely N-dealkylation sites (N-methyl/N-ethyl adjacent to an activating group) is 1. The van der Waals surface area contributed by atoms with Crippen LogP contribution in [0.2, 0.25) is 0 Å². The Hall–Kier alpha value is -3.34. The molecule has 2 aromatic rings. The highest BCUT2D eigenvalue weighted by Crippen LogP contribution is 2.39. The second-order valence-electron chi connectivity index (χ2n) is 9.70. The number of likely N-dealkylation sites (tertiary alicyclic amines) is 2. The number of nitrogens with zero attached hydrogens (tertiary/aromatic N) is 3. The Labute approximate surface area is 213 Å². The zero-order chi connectivity index (χ0) is 27.4. The van der Waals surface area contributed by atoms with E-state index in [1.54, 1.807) is 31.1 Å². The zero-order valence-electron chi connectivity index (χ0n) is 20.9. The number of phenols is 1. The molecule has 37 heavy (non-hydrogen) atoms. The van der Waals surface area contributed by atoms with Gasteiger partial charge in [-0.2, -0.15) is 13.2 Å². The first-order chi connectivity index (χ1) is 17.3. The zero-order valence-corrected chi connectivity index (χ0v) is 20.9. The first kappa shape index (κ1) is 28.2. The molecule has 4 rings (SSSR count). The van der Waals surface area contributed by atoms with Crippen LogP contribution in [0.1, 0.15) is 42.5 Å². The maximum Gasteiger partial charge on any atom is 0.490 e. The number of hydrogen-bond acceptors (Lipinski definition) is 5. The lowest BCUT2D eigenvalue weighted by atomic mass is 9.87. The van der Waals surface area contributed by atoms with Crippen LogP contribution < -0.4 is 0 Å². The first-order valence-electron chi connectivity index (χ1n) is 12.1. The van der Waals surface area contributed by atoms with E-state index in [9.17, 15) is 27.9 Å². The number of carboxylic acid groups (broad SMARTS) is 1. The number of carbonyl (C=O) groups is 3. The number of carbonyl (C=O) groups excluding carboxylic acids is 2. The maximum atomic E-state index is 13.3. The number of amides is 2. The lowest BCUT2D eigenvalue weighted by Gasteiger charge is -2.38. The summed E-state index contributed by atoms with van der Waals surface area (Å²) in [6, 6.07) is 11.2. The summed E-state index contributed by atoms with van der Waals surface area (Å²) < 4.78 is 31.7. The molecular formula is C26H32F3N3O5. The van der Waals surface area contributed by atoms with Crippen LogP contribution in [0, 0.1) is 0 Å². The van der Waals surface area contributed by atoms with Crippen molar-refractivity contribution in [3.8, 4) is 5.75 Å². The number of aromatic hydroxyl groups is 1. The molecule has 1 unspecified atom stereocenters. The quantitative estimate of drug-likeness (QED) is 0.636. The molecule has 2 aliphatic rings. The molecule has 2 heterocycles. The van der Waals surface area contributed by atoms with Gasteiger partial charge in [0.2, 0.25) is 5.91 Å². The molecule has 1 spiro atoms. The molecule has 2 saturated heterocycles. The fourth-order valence-corrected chi connectivity index (χ4v) is 5.06. The number of benzene rings is 2. The van der Waals surface area contributed by atoms with Crippen LogP contribution in [-0.2, 0) is 9.59 Å². The monoisotopic (exact) mass is 523 g/mol. The van der Waals surface area contributed by atoms with Crippen molar-refractivity contribution in [1.82, 2.24) is 14.7 Å². The second-order valence-corrected chi connectivity index (χ2v) is 9.70. The molecule has 0 aliphatic carbocycles. The highest BCUT2D eigenvalue weighted by Gasteiger charge is 2.43. The van der Waals surface area contributed by atoms with E-state index in [2.05, 4.69) is 4.90 Å². The van der Waals surface area contributed by atoms with Crippen molar-refractivity contribution in [2.24, 2.45) is 0 Å². The van der Waals surface area contributed by atoms with Crippen LogP contribution in [0.3, 0.4) is 0 Å². The third-order valence-corrected chi connectivity index (χ3v) is 7.11. The van der Waals surface area contributed by atoms with Gasteiger partial charge in [0.05, 0.1) is 12.1 Å². The van der Waals surface area contributed by atoms with E-state index in [-0.39, 0.29) is 23.1 Å². The van der Waals surface area contributed by atoms with Gasteiger partial charge in [-0.15, -0.1) is 0 Å². The molecule has 0 radical (unpaired) electrons. The summed E-state index contributed by atoms with van der Waals surface area (Å²) in [7, 11) is 3.60. The Morgan fingerprint density at radius 2 is 1.54 bits per heavy atom. The summed E-state index contributed by atoms with van der Waals surface area (Å²) in [6.45, 7) is 2.73. The molecular weight excluding hydrogens is 491 g/mol. The van der Waals surface area contributed by atoms with Gasteiger partial charge in [-0.05, 0) is 61.6 Å². The van der Waals surface area contributed by atoms with Gasteiger partial charge in [0, 0.05) is 32.7 Å². The molecule has 2 amide bonds. The summed E-state index contributed by atoms with van der Waals surface area (Å²) in [4.78, 5) is 40.3. The van der Waals surface area contributed by atoms with E-state index in [1.165, 1.54) is 0 Å². The predicted molar refractivity (Wildman–Crippen MR) is 131 cm³/mol. The molecule has 1 atom stereocenters. The molecule has 2 N–H and O–H groups in total. The Morgan fingerprint density at radius 3 is 2.11 bits per heavy atom. The predicted octanol–water partition coefficient (Wildman–Crippen LogP) is 3.73. The van der Waals surface area contributed by atoms with E-state index in [1.807, 2.05) is 29.2 Å². The van der Waals surface area contributed by atoms with E-state index in [0.29, 0.717) is 25.2 Å². The maximum absolute atomic E-state index is 13.3. The molecule has 202 valence electrons. The summed E-state index contributed by atoms with van der Waals surface area (Å²) in [5, 5.41) is 19.5. The van der Waals surface area contributed by atoms with Gasteiger partial charge in [0.25, 0.3) is 5.91 Å². The van der Waals surface area contributed by atoms with Crippen LogP contribution in [0.15, 0.2) is 36.4 Å². The molecule has 2 aromatic carbocycles. The summed E-state index contributed by atoms with van der Waals surface area (Å²) in [5.74, 6) is -2.69. The van der Waals surface area contributed by atoms with E-state index in [0.717, 1.165) is 49.4 Å². The fourth-order valence-electron chi connectivity index (χ4n) is 5.06. The smallest absolute Gasteiger partial charge is 0.490 e. The van der Waals surface area contributed by atoms with Crippen LogP contribution in [0.25, 0.3) is 10.8 Å². The van der Waals surface area contributed by atoms with Gasteiger partial charge in [-0.25, -0.2) is 4.79 Å². The molecule has 0 saturated carbocycles. The van der Waals surface area contributed by atoms with Crippen molar-refractivity contribution in [3.05, 3.63) is 42.0 Å². The summed E-state index contributed by atoms with van der Waals surface area (Å²) in [5.41, 5.74) is 0.377. The third-order valence-electron chi connectivity index (χ3n) is 7.11. The number of carboxylic acids is 1. The van der Waals surface area contributed by atoms with Crippen LogP contribution in [0.5, 0.6) is 5.75 Å². The van der Waals surface area contributed by atoms with Crippen molar-refractivity contribution in [3.63, 3.8) is 0 Å². The van der Waals surface area contributed by atoms with Crippen LogP contribution in [0.4, 0.5) is 13.2 Å². The topological polar surface area (TPSA) is 101 Å². The van der Waals surface area contributed by atoms with E-state index >= 15 is 0 Å². The standard InChI is InChI=1S/C24H31N3O3.C2HF3O2/c1-25(2)22(29)17-27-13-6-10-24(27)9-5-12-26(14-11-24)23(30)20-15-18-7-3-4-8-19(18)16-21(20)28;3-2(4,5)1(6)7/h3-4,7-8,15-16,28H,5-6,9-14,17H2,1-2H3;(H,6,7). The fraction of sp³-hybridized carbons (Fsp3) is 0.500. The molecule has 0 bridgehead atoms. The second kappa shape index (κ2) is 11.4. The van der Waals surface area contributed by atoms with Crippen molar-refractivity contribution in [1.29, 1.82) is 0 Å². The number of fused-ring (bicyclic) bond motifs is 1. The normalized spacial score (nSPS) is 20.3. The lowest BCUT2D eigenvalue weighted by molar-refractivity contribution is -0.192. The molecule has 11 heteroatoms. The van der Waals surface area contributed by atoms with Gasteiger partial charge >= 0.3 is 12.1 Å². The average Bonchev–Trinajstić information content (AvgIpc) is 3.08. The number of alkyl halides is 3. The van der Waals surface area contributed by atoms with Gasteiger partial charge in [-0.3, -0.25) is 14.5 Å². The Bertz CT molecular complexity index is 1150. The average molecular weight is 524 g/mol. The third kappa shape index (κ3) is 6.71. The van der Waals surface area contributed by atoms with Crippen molar-refractivity contribution >= 4 is 28.6 Å². The van der Waals surface area contributed by atoms with Crippen molar-refractivity contribution < 1.29 is 37.8 Å².